The van der Waals surface area contributed by atoms with E-state index in [4.69, 9.17) is 6.42 Å². The Morgan fingerprint density at radius 3 is 3.35 bits per heavy atom. The molecule has 0 aromatic carbocycles. The van der Waals surface area contributed by atoms with Gasteiger partial charge in [-0.05, 0) is 30.4 Å². The van der Waals surface area contributed by atoms with Crippen LogP contribution in [0.25, 0.3) is 0 Å². The molecule has 1 atom stereocenters. The van der Waals surface area contributed by atoms with E-state index in [-0.39, 0.29) is 5.91 Å². The monoisotopic (exact) mass is 248 g/mol. The number of hydrogen-bond acceptors (Lipinski definition) is 3. The third-order valence-corrected chi connectivity index (χ3v) is 4.13. The smallest absolute Gasteiger partial charge is 0.234 e. The van der Waals surface area contributed by atoms with Crippen LogP contribution in [0.4, 0.5) is 0 Å². The summed E-state index contributed by atoms with van der Waals surface area (Å²) < 4.78 is 0. The fourth-order valence-corrected chi connectivity index (χ4v) is 3.13. The van der Waals surface area contributed by atoms with Gasteiger partial charge in [0.15, 0.2) is 0 Å². The van der Waals surface area contributed by atoms with Crippen LogP contribution in [0.15, 0.2) is 11.4 Å². The third-order valence-electron chi connectivity index (χ3n) is 3.14. The molecule has 1 aliphatic heterocycles. The summed E-state index contributed by atoms with van der Waals surface area (Å²) in [7, 11) is 0. The van der Waals surface area contributed by atoms with Crippen LogP contribution in [0.1, 0.15) is 23.4 Å². The first kappa shape index (κ1) is 12.2. The number of terminal acetylenes is 1. The molecule has 1 amide bonds. The Morgan fingerprint density at radius 2 is 2.59 bits per heavy atom. The van der Waals surface area contributed by atoms with Crippen LogP contribution in [0.5, 0.6) is 0 Å². The number of thiophene rings is 1. The standard InChI is InChI=1S/C13H16N2OS/c1-3-6-14-13(16)9-15-7-4-12-11(10(15)2)5-8-17-12/h1,5,8,10H,4,6-7,9H2,2H3,(H,14,16). The maximum absolute atomic E-state index is 11.6. The van der Waals surface area contributed by atoms with E-state index in [0.717, 1.165) is 13.0 Å². The highest BCUT2D eigenvalue weighted by Crippen LogP contribution is 2.32. The number of nitrogens with zero attached hydrogens (tertiary/aromatic N) is 1. The van der Waals surface area contributed by atoms with Crippen molar-refractivity contribution >= 4 is 17.2 Å². The number of carbonyl (C=O) groups is 1. The first-order chi connectivity index (χ1) is 8.22. The predicted octanol–water partition coefficient (Wildman–Crippen LogP) is 1.42. The lowest BCUT2D eigenvalue weighted by Crippen LogP contribution is -2.41. The van der Waals surface area contributed by atoms with Crippen LogP contribution in [-0.4, -0.2) is 30.4 Å². The molecule has 3 nitrogen and oxygen atoms in total. The van der Waals surface area contributed by atoms with Gasteiger partial charge >= 0.3 is 0 Å². The second-order valence-electron chi connectivity index (χ2n) is 4.18. The molecule has 1 N–H and O–H groups in total. The van der Waals surface area contributed by atoms with Gasteiger partial charge in [0, 0.05) is 17.5 Å². The molecule has 90 valence electrons. The molecular formula is C13H16N2OS. The molecular weight excluding hydrogens is 232 g/mol. The van der Waals surface area contributed by atoms with Crippen LogP contribution in [0, 0.1) is 12.3 Å². The quantitative estimate of drug-likeness (QED) is 0.820. The maximum atomic E-state index is 11.6. The van der Waals surface area contributed by atoms with Crippen LogP contribution < -0.4 is 5.32 Å². The Labute approximate surface area is 106 Å². The van der Waals surface area contributed by atoms with Crippen LogP contribution in [-0.2, 0) is 11.2 Å². The van der Waals surface area contributed by atoms with Gasteiger partial charge in [0.2, 0.25) is 5.91 Å². The average molecular weight is 248 g/mol. The van der Waals surface area contributed by atoms with E-state index < -0.39 is 0 Å². The van der Waals surface area contributed by atoms with Crippen LogP contribution >= 0.6 is 11.3 Å². The minimum Gasteiger partial charge on any atom is -0.344 e. The zero-order valence-electron chi connectivity index (χ0n) is 9.90. The second-order valence-corrected chi connectivity index (χ2v) is 5.18. The van der Waals surface area contributed by atoms with Crippen molar-refractivity contribution in [3.05, 3.63) is 21.9 Å². The third kappa shape index (κ3) is 2.68. The summed E-state index contributed by atoms with van der Waals surface area (Å²) in [6, 6.07) is 2.48. The Kier molecular flexibility index (Phi) is 3.82. The number of fused-ring (bicyclic) bond motifs is 1. The maximum Gasteiger partial charge on any atom is 0.234 e. The molecule has 1 unspecified atom stereocenters. The molecule has 0 saturated heterocycles. The minimum atomic E-state index is 0.00785. The Bertz CT molecular complexity index is 447. The van der Waals surface area contributed by atoms with Crippen molar-refractivity contribution in [2.45, 2.75) is 19.4 Å². The van der Waals surface area contributed by atoms with Gasteiger partial charge in [-0.15, -0.1) is 17.8 Å². The molecule has 0 spiro atoms. The van der Waals surface area contributed by atoms with E-state index in [1.165, 1.54) is 10.4 Å². The largest absolute Gasteiger partial charge is 0.344 e. The second kappa shape index (κ2) is 5.35. The average Bonchev–Trinajstić information content (AvgIpc) is 2.79. The molecule has 0 bridgehead atoms. The van der Waals surface area contributed by atoms with E-state index in [0.29, 0.717) is 19.1 Å². The number of hydrogen-bond donors (Lipinski definition) is 1. The normalized spacial score (nSPS) is 19.4. The highest BCUT2D eigenvalue weighted by atomic mass is 32.1. The fourth-order valence-electron chi connectivity index (χ4n) is 2.17. The van der Waals surface area contributed by atoms with Gasteiger partial charge in [0.25, 0.3) is 0 Å². The van der Waals surface area contributed by atoms with E-state index in [2.05, 4.69) is 34.5 Å². The molecule has 0 aliphatic carbocycles. The predicted molar refractivity (Wildman–Crippen MR) is 69.9 cm³/mol. The molecule has 1 aromatic rings. The molecule has 2 heterocycles. The van der Waals surface area contributed by atoms with Gasteiger partial charge in [0.1, 0.15) is 0 Å². The highest BCUT2D eigenvalue weighted by Gasteiger charge is 2.25. The van der Waals surface area contributed by atoms with Crippen molar-refractivity contribution in [1.82, 2.24) is 10.2 Å². The van der Waals surface area contributed by atoms with Gasteiger partial charge in [-0.1, -0.05) is 5.92 Å². The number of carbonyl (C=O) groups excluding carboxylic acids is 1. The molecule has 2 rings (SSSR count). The highest BCUT2D eigenvalue weighted by molar-refractivity contribution is 7.10. The van der Waals surface area contributed by atoms with E-state index in [1.54, 1.807) is 0 Å². The summed E-state index contributed by atoms with van der Waals surface area (Å²) in [4.78, 5) is 15.3. The SMILES string of the molecule is C#CCNC(=O)CN1CCc2sccc2C1C. The van der Waals surface area contributed by atoms with Crippen molar-refractivity contribution in [3.8, 4) is 12.3 Å². The lowest BCUT2D eigenvalue weighted by Gasteiger charge is -2.32. The Hall–Kier alpha value is -1.31. The van der Waals surface area contributed by atoms with Crippen molar-refractivity contribution in [2.24, 2.45) is 0 Å². The first-order valence-electron chi connectivity index (χ1n) is 5.73. The number of amides is 1. The summed E-state index contributed by atoms with van der Waals surface area (Å²) in [5, 5.41) is 4.83. The molecule has 4 heteroatoms. The summed E-state index contributed by atoms with van der Waals surface area (Å²) >= 11 is 1.81. The molecule has 0 fully saturated rings. The summed E-state index contributed by atoms with van der Waals surface area (Å²) in [6.45, 7) is 3.83. The van der Waals surface area contributed by atoms with E-state index in [1.807, 2.05) is 11.3 Å². The fraction of sp³-hybridized carbons (Fsp3) is 0.462. The lowest BCUT2D eigenvalue weighted by molar-refractivity contribution is -0.122. The zero-order chi connectivity index (χ0) is 12.3. The first-order valence-corrected chi connectivity index (χ1v) is 6.61. The molecule has 17 heavy (non-hydrogen) atoms. The van der Waals surface area contributed by atoms with Gasteiger partial charge in [-0.3, -0.25) is 9.69 Å². The van der Waals surface area contributed by atoms with Crippen LogP contribution in [0.2, 0.25) is 0 Å². The van der Waals surface area contributed by atoms with Crippen molar-refractivity contribution < 1.29 is 4.79 Å². The van der Waals surface area contributed by atoms with Gasteiger partial charge in [0.05, 0.1) is 13.1 Å². The van der Waals surface area contributed by atoms with Gasteiger partial charge in [-0.2, -0.15) is 0 Å². The van der Waals surface area contributed by atoms with E-state index in [9.17, 15) is 4.79 Å². The number of nitrogens with one attached hydrogen (secondary N) is 1. The molecule has 0 radical (unpaired) electrons. The van der Waals surface area contributed by atoms with Crippen molar-refractivity contribution in [3.63, 3.8) is 0 Å². The van der Waals surface area contributed by atoms with Crippen molar-refractivity contribution in [2.75, 3.05) is 19.6 Å². The van der Waals surface area contributed by atoms with Crippen molar-refractivity contribution in [1.29, 1.82) is 0 Å². The van der Waals surface area contributed by atoms with Crippen LogP contribution in [0.3, 0.4) is 0 Å². The zero-order valence-corrected chi connectivity index (χ0v) is 10.7. The summed E-state index contributed by atoms with van der Waals surface area (Å²) in [5.74, 6) is 2.42. The topological polar surface area (TPSA) is 32.3 Å². The van der Waals surface area contributed by atoms with E-state index >= 15 is 0 Å². The minimum absolute atomic E-state index is 0.00785. The Balaban J connectivity index is 1.96. The summed E-state index contributed by atoms with van der Waals surface area (Å²) in [6.07, 6.45) is 6.15. The molecule has 1 aromatic heterocycles. The molecule has 1 aliphatic rings. The number of rotatable bonds is 3. The van der Waals surface area contributed by atoms with Gasteiger partial charge < -0.3 is 5.32 Å². The molecule has 0 saturated carbocycles. The Morgan fingerprint density at radius 1 is 1.76 bits per heavy atom. The summed E-state index contributed by atoms with van der Waals surface area (Å²) in [5.41, 5.74) is 1.37. The van der Waals surface area contributed by atoms with Gasteiger partial charge in [-0.25, -0.2) is 0 Å². The lowest BCUT2D eigenvalue weighted by atomic mass is 10.0.